The Bertz CT molecular complexity index is 1200. The Balaban J connectivity index is 1.40. The van der Waals surface area contributed by atoms with E-state index in [0.29, 0.717) is 20.9 Å². The van der Waals surface area contributed by atoms with Gasteiger partial charge in [-0.25, -0.2) is 15.0 Å². The molecule has 0 unspecified atom stereocenters. The number of nitrogens with zero attached hydrogens (tertiary/aromatic N) is 4. The lowest BCUT2D eigenvalue weighted by molar-refractivity contribution is -0.124. The highest BCUT2D eigenvalue weighted by Gasteiger charge is 2.38. The second-order valence-electron chi connectivity index (χ2n) is 8.05. The zero-order chi connectivity index (χ0) is 22.6. The minimum Gasteiger partial charge on any atom is -0.450 e. The van der Waals surface area contributed by atoms with Crippen LogP contribution >= 0.6 is 23.5 Å². The van der Waals surface area contributed by atoms with E-state index in [1.165, 1.54) is 29.9 Å². The van der Waals surface area contributed by atoms with Crippen molar-refractivity contribution in [2.24, 2.45) is 4.99 Å². The Morgan fingerprint density at radius 2 is 1.94 bits per heavy atom. The molecule has 5 rings (SSSR count). The number of aryl methyl sites for hydroxylation is 1. The number of amides is 1. The van der Waals surface area contributed by atoms with Gasteiger partial charge in [0, 0.05) is 24.0 Å². The van der Waals surface area contributed by atoms with E-state index in [1.54, 1.807) is 6.20 Å². The van der Waals surface area contributed by atoms with Crippen LogP contribution in [0.1, 0.15) is 43.6 Å². The number of benzene rings is 1. The normalized spacial score (nSPS) is 19.7. The van der Waals surface area contributed by atoms with Gasteiger partial charge in [-0.3, -0.25) is 9.69 Å². The van der Waals surface area contributed by atoms with Crippen molar-refractivity contribution in [3.63, 3.8) is 0 Å². The van der Waals surface area contributed by atoms with Gasteiger partial charge in [0.2, 0.25) is 0 Å². The highest BCUT2D eigenvalue weighted by atomic mass is 32.2. The van der Waals surface area contributed by atoms with E-state index < -0.39 is 0 Å². The Kier molecular flexibility index (Phi) is 6.64. The zero-order valence-corrected chi connectivity index (χ0v) is 19.9. The van der Waals surface area contributed by atoms with E-state index in [9.17, 15) is 4.79 Å². The van der Waals surface area contributed by atoms with Gasteiger partial charge in [-0.05, 0) is 73.6 Å². The van der Waals surface area contributed by atoms with Crippen molar-refractivity contribution < 1.29 is 9.21 Å². The lowest BCUT2D eigenvalue weighted by Gasteiger charge is -2.30. The van der Waals surface area contributed by atoms with Crippen molar-refractivity contribution in [1.82, 2.24) is 14.9 Å². The van der Waals surface area contributed by atoms with Crippen molar-refractivity contribution in [3.8, 4) is 0 Å². The summed E-state index contributed by atoms with van der Waals surface area (Å²) in [6.07, 6.45) is 9.12. The number of furan rings is 1. The molecule has 0 N–H and O–H groups in total. The van der Waals surface area contributed by atoms with Gasteiger partial charge in [0.15, 0.2) is 15.4 Å². The first-order valence-corrected chi connectivity index (χ1v) is 12.7. The second-order valence-corrected chi connectivity index (χ2v) is 10.0. The summed E-state index contributed by atoms with van der Waals surface area (Å²) in [6, 6.07) is 15.6. The molecular weight excluding hydrogens is 452 g/mol. The SMILES string of the molecule is Cc1ccnc(Sc2ccc(/C=C3/SC(=Nc4ccccc4)N(C4CCCCC4)C3=O)o2)n1. The number of para-hydroxylation sites is 1. The quantitative estimate of drug-likeness (QED) is 0.311. The molecule has 6 nitrogen and oxygen atoms in total. The molecule has 168 valence electrons. The van der Waals surface area contributed by atoms with Crippen molar-refractivity contribution in [3.05, 3.63) is 71.1 Å². The molecule has 0 radical (unpaired) electrons. The zero-order valence-electron chi connectivity index (χ0n) is 18.3. The van der Waals surface area contributed by atoms with Crippen LogP contribution in [0.25, 0.3) is 6.08 Å². The van der Waals surface area contributed by atoms with Gasteiger partial charge in [0.05, 0.1) is 10.6 Å². The fourth-order valence-electron chi connectivity index (χ4n) is 4.00. The third kappa shape index (κ3) is 5.23. The van der Waals surface area contributed by atoms with Gasteiger partial charge < -0.3 is 4.42 Å². The van der Waals surface area contributed by atoms with Crippen molar-refractivity contribution in [2.75, 3.05) is 0 Å². The third-order valence-electron chi connectivity index (χ3n) is 5.60. The Hall–Kier alpha value is -2.84. The van der Waals surface area contributed by atoms with Crippen LogP contribution in [-0.2, 0) is 4.79 Å². The molecule has 1 aliphatic carbocycles. The van der Waals surface area contributed by atoms with Gasteiger partial charge in [0.1, 0.15) is 5.76 Å². The van der Waals surface area contributed by atoms with Gasteiger partial charge in [-0.15, -0.1) is 0 Å². The maximum absolute atomic E-state index is 13.4. The largest absolute Gasteiger partial charge is 0.450 e. The first-order valence-electron chi connectivity index (χ1n) is 11.1. The minimum absolute atomic E-state index is 0.00852. The summed E-state index contributed by atoms with van der Waals surface area (Å²) < 4.78 is 5.95. The molecule has 8 heteroatoms. The molecule has 0 bridgehead atoms. The summed E-state index contributed by atoms with van der Waals surface area (Å²) in [5.41, 5.74) is 1.76. The average molecular weight is 477 g/mol. The van der Waals surface area contributed by atoms with Crippen LogP contribution in [0.4, 0.5) is 5.69 Å². The maximum atomic E-state index is 13.4. The van der Waals surface area contributed by atoms with Gasteiger partial charge in [-0.2, -0.15) is 0 Å². The molecule has 3 aromatic rings. The second kappa shape index (κ2) is 9.97. The molecular formula is C25H24N4O2S2. The predicted molar refractivity (Wildman–Crippen MR) is 132 cm³/mol. The molecule has 2 aliphatic rings. The lowest BCUT2D eigenvalue weighted by Crippen LogP contribution is -2.40. The molecule has 3 heterocycles. The smallest absolute Gasteiger partial charge is 0.267 e. The highest BCUT2D eigenvalue weighted by Crippen LogP contribution is 2.39. The van der Waals surface area contributed by atoms with Gasteiger partial charge >= 0.3 is 0 Å². The lowest BCUT2D eigenvalue weighted by atomic mass is 9.94. The van der Waals surface area contributed by atoms with E-state index in [4.69, 9.17) is 9.41 Å². The third-order valence-corrected chi connectivity index (χ3v) is 7.38. The fraction of sp³-hybridized carbons (Fsp3) is 0.280. The summed E-state index contributed by atoms with van der Waals surface area (Å²) in [4.78, 5) is 29.5. The topological polar surface area (TPSA) is 71.6 Å². The Labute approximate surface area is 201 Å². The summed E-state index contributed by atoms with van der Waals surface area (Å²) in [5.74, 6) is 0.639. The monoisotopic (exact) mass is 476 g/mol. The maximum Gasteiger partial charge on any atom is 0.267 e. The standard InChI is InChI=1S/C25H24N4O2S2/c1-17-14-15-26-24(27-17)33-22-13-12-20(31-22)16-21-23(30)29(19-10-6-3-7-11-19)25(32-21)28-18-8-4-2-5-9-18/h2,4-5,8-9,12-16,19H,3,6-7,10-11H2,1H3/b21-16+,28-25?. The van der Waals surface area contributed by atoms with Crippen LogP contribution in [0.2, 0.25) is 0 Å². The van der Waals surface area contributed by atoms with Crippen molar-refractivity contribution in [2.45, 2.75) is 55.3 Å². The van der Waals surface area contributed by atoms with E-state index in [0.717, 1.165) is 42.2 Å². The van der Waals surface area contributed by atoms with E-state index in [-0.39, 0.29) is 11.9 Å². The highest BCUT2D eigenvalue weighted by molar-refractivity contribution is 8.18. The van der Waals surface area contributed by atoms with Crippen LogP contribution < -0.4 is 0 Å². The van der Waals surface area contributed by atoms with E-state index in [1.807, 2.05) is 66.4 Å². The number of aromatic nitrogens is 2. The Morgan fingerprint density at radius 1 is 1.12 bits per heavy atom. The summed E-state index contributed by atoms with van der Waals surface area (Å²) in [5, 5.41) is 2.07. The average Bonchev–Trinajstić information content (AvgIpc) is 3.39. The molecule has 0 spiro atoms. The number of thioether (sulfide) groups is 1. The van der Waals surface area contributed by atoms with Crippen LogP contribution in [0.15, 0.2) is 79.3 Å². The molecule has 2 aromatic heterocycles. The summed E-state index contributed by atoms with van der Waals surface area (Å²) in [7, 11) is 0. The molecule has 1 amide bonds. The number of hydrogen-bond acceptors (Lipinski definition) is 7. The Morgan fingerprint density at radius 3 is 2.73 bits per heavy atom. The molecule has 33 heavy (non-hydrogen) atoms. The van der Waals surface area contributed by atoms with Crippen LogP contribution in [0.5, 0.6) is 0 Å². The number of carbonyl (C=O) groups is 1. The van der Waals surface area contributed by atoms with Gasteiger partial charge in [-0.1, -0.05) is 37.5 Å². The predicted octanol–water partition coefficient (Wildman–Crippen LogP) is 6.47. The summed E-state index contributed by atoms with van der Waals surface area (Å²) >= 11 is 2.78. The number of hydrogen-bond donors (Lipinski definition) is 0. The van der Waals surface area contributed by atoms with Crippen molar-refractivity contribution in [1.29, 1.82) is 0 Å². The molecule has 1 aliphatic heterocycles. The molecule has 0 atom stereocenters. The molecule has 1 saturated heterocycles. The first-order chi connectivity index (χ1) is 16.2. The molecule has 2 fully saturated rings. The summed E-state index contributed by atoms with van der Waals surface area (Å²) in [6.45, 7) is 1.93. The number of amidine groups is 1. The van der Waals surface area contributed by atoms with Crippen LogP contribution in [-0.4, -0.2) is 32.0 Å². The van der Waals surface area contributed by atoms with Crippen LogP contribution in [0.3, 0.4) is 0 Å². The number of aliphatic imine (C=N–C) groups is 1. The van der Waals surface area contributed by atoms with Crippen LogP contribution in [0, 0.1) is 6.92 Å². The van der Waals surface area contributed by atoms with E-state index >= 15 is 0 Å². The van der Waals surface area contributed by atoms with E-state index in [2.05, 4.69) is 9.97 Å². The molecule has 1 saturated carbocycles. The number of rotatable bonds is 5. The fourth-order valence-corrected chi connectivity index (χ4v) is 5.80. The molecule has 1 aromatic carbocycles. The minimum atomic E-state index is 0.00852. The van der Waals surface area contributed by atoms with Gasteiger partial charge in [0.25, 0.3) is 5.91 Å². The number of carbonyl (C=O) groups excluding carboxylic acids is 1. The first kappa shape index (κ1) is 22.0. The van der Waals surface area contributed by atoms with Crippen molar-refractivity contribution >= 4 is 46.4 Å².